The highest BCUT2D eigenvalue weighted by atomic mass is 15.1. The van der Waals surface area contributed by atoms with Gasteiger partial charge < -0.3 is 4.57 Å². The molecule has 0 radical (unpaired) electrons. The summed E-state index contributed by atoms with van der Waals surface area (Å²) in [4.78, 5) is 4.71. The molecule has 0 unspecified atom stereocenters. The van der Waals surface area contributed by atoms with Crippen LogP contribution in [0.2, 0.25) is 0 Å². The zero-order valence-corrected chi connectivity index (χ0v) is 11.3. The number of imidazole rings is 1. The molecule has 0 saturated heterocycles. The molecule has 98 valence electrons. The average Bonchev–Trinajstić information content (AvgIpc) is 2.84. The van der Waals surface area contributed by atoms with E-state index in [1.807, 2.05) is 12.1 Å². The average molecular weight is 260 g/mol. The number of para-hydroxylation sites is 2. The number of aryl methyl sites for hydroxylation is 1. The van der Waals surface area contributed by atoms with Gasteiger partial charge in [-0.05, 0) is 17.7 Å². The Morgan fingerprint density at radius 2 is 1.75 bits per heavy atom. The normalized spacial score (nSPS) is 10.6. The van der Waals surface area contributed by atoms with Gasteiger partial charge in [0.25, 0.3) is 0 Å². The van der Waals surface area contributed by atoms with Gasteiger partial charge in [0.1, 0.15) is 5.82 Å². The Hall–Kier alpha value is -2.53. The number of nitrogens with zero attached hydrogens (tertiary/aromatic N) is 2. The molecule has 0 aliphatic rings. The molecule has 2 nitrogen and oxygen atoms in total. The van der Waals surface area contributed by atoms with Gasteiger partial charge in [-0.15, -0.1) is 12.3 Å². The number of terminal acetylenes is 1. The van der Waals surface area contributed by atoms with Crippen LogP contribution >= 0.6 is 0 Å². The second kappa shape index (κ2) is 5.63. The van der Waals surface area contributed by atoms with Crippen LogP contribution in [0.5, 0.6) is 0 Å². The van der Waals surface area contributed by atoms with Gasteiger partial charge in [-0.3, -0.25) is 0 Å². The van der Waals surface area contributed by atoms with Gasteiger partial charge in [0, 0.05) is 19.4 Å². The highest BCUT2D eigenvalue weighted by Gasteiger charge is 2.09. The van der Waals surface area contributed by atoms with E-state index in [1.165, 1.54) is 11.1 Å². The van der Waals surface area contributed by atoms with Crippen molar-refractivity contribution in [2.24, 2.45) is 0 Å². The monoisotopic (exact) mass is 260 g/mol. The lowest BCUT2D eigenvalue weighted by atomic mass is 10.2. The smallest absolute Gasteiger partial charge is 0.111 e. The van der Waals surface area contributed by atoms with Gasteiger partial charge in [-0.2, -0.15) is 0 Å². The first-order valence-electron chi connectivity index (χ1n) is 6.80. The van der Waals surface area contributed by atoms with Crippen LogP contribution in [0.4, 0.5) is 0 Å². The number of hydrogen-bond acceptors (Lipinski definition) is 1. The third-order valence-electron chi connectivity index (χ3n) is 3.41. The Kier molecular flexibility index (Phi) is 3.52. The van der Waals surface area contributed by atoms with Crippen molar-refractivity contribution in [1.82, 2.24) is 9.55 Å². The fraction of sp³-hybridized carbons (Fsp3) is 0.167. The number of hydrogen-bond donors (Lipinski definition) is 0. The number of aromatic nitrogens is 2. The number of rotatable bonds is 4. The molecule has 0 amide bonds. The molecule has 0 fully saturated rings. The lowest BCUT2D eigenvalue weighted by Gasteiger charge is -2.08. The molecule has 0 N–H and O–H groups in total. The van der Waals surface area contributed by atoms with Crippen LogP contribution in [-0.4, -0.2) is 9.55 Å². The molecular formula is C18H16N2. The van der Waals surface area contributed by atoms with Crippen molar-refractivity contribution >= 4 is 11.0 Å². The molecule has 1 heterocycles. The van der Waals surface area contributed by atoms with Gasteiger partial charge >= 0.3 is 0 Å². The summed E-state index contributed by atoms with van der Waals surface area (Å²) in [6.07, 6.45) is 6.92. The fourth-order valence-corrected chi connectivity index (χ4v) is 2.44. The SMILES string of the molecule is C#CCCc1nc2ccccc2n1Cc1ccccc1. The van der Waals surface area contributed by atoms with E-state index in [0.29, 0.717) is 0 Å². The Bertz CT molecular complexity index is 748. The maximum atomic E-state index is 5.39. The molecule has 0 aliphatic carbocycles. The minimum Gasteiger partial charge on any atom is -0.323 e. The van der Waals surface area contributed by atoms with Crippen LogP contribution in [0, 0.1) is 12.3 Å². The van der Waals surface area contributed by atoms with Crippen LogP contribution in [0.15, 0.2) is 54.6 Å². The van der Waals surface area contributed by atoms with Gasteiger partial charge in [0.15, 0.2) is 0 Å². The molecule has 0 aliphatic heterocycles. The van der Waals surface area contributed by atoms with E-state index in [-0.39, 0.29) is 0 Å². The predicted octanol–water partition coefficient (Wildman–Crippen LogP) is 3.65. The van der Waals surface area contributed by atoms with Gasteiger partial charge in [-0.25, -0.2) is 4.98 Å². The predicted molar refractivity (Wildman–Crippen MR) is 82.4 cm³/mol. The van der Waals surface area contributed by atoms with Gasteiger partial charge in [0.2, 0.25) is 0 Å². The van der Waals surface area contributed by atoms with E-state index < -0.39 is 0 Å². The lowest BCUT2D eigenvalue weighted by molar-refractivity contribution is 0.739. The summed E-state index contributed by atoms with van der Waals surface area (Å²) in [5.41, 5.74) is 3.48. The Morgan fingerprint density at radius 1 is 1.00 bits per heavy atom. The summed E-state index contributed by atoms with van der Waals surface area (Å²) in [5, 5.41) is 0. The highest BCUT2D eigenvalue weighted by molar-refractivity contribution is 5.76. The van der Waals surface area contributed by atoms with Crippen LogP contribution in [0.1, 0.15) is 17.8 Å². The van der Waals surface area contributed by atoms with Crippen LogP contribution in [-0.2, 0) is 13.0 Å². The zero-order valence-electron chi connectivity index (χ0n) is 11.3. The van der Waals surface area contributed by atoms with Crippen LogP contribution < -0.4 is 0 Å². The first kappa shape index (κ1) is 12.5. The molecule has 2 heteroatoms. The molecule has 0 saturated carbocycles. The summed E-state index contributed by atoms with van der Waals surface area (Å²) in [5.74, 6) is 3.76. The van der Waals surface area contributed by atoms with Gasteiger partial charge in [-0.1, -0.05) is 42.5 Å². The van der Waals surface area contributed by atoms with Crippen molar-refractivity contribution in [2.75, 3.05) is 0 Å². The van der Waals surface area contributed by atoms with Crippen molar-refractivity contribution in [3.05, 3.63) is 66.0 Å². The maximum Gasteiger partial charge on any atom is 0.111 e. The Labute approximate surface area is 119 Å². The van der Waals surface area contributed by atoms with Gasteiger partial charge in [0.05, 0.1) is 11.0 Å². The number of fused-ring (bicyclic) bond motifs is 1. The van der Waals surface area contributed by atoms with E-state index >= 15 is 0 Å². The Balaban J connectivity index is 2.04. The van der Waals surface area contributed by atoms with E-state index in [9.17, 15) is 0 Å². The van der Waals surface area contributed by atoms with Crippen LogP contribution in [0.25, 0.3) is 11.0 Å². The summed E-state index contributed by atoms with van der Waals surface area (Å²) in [6.45, 7) is 0.835. The molecular weight excluding hydrogens is 244 g/mol. The third-order valence-corrected chi connectivity index (χ3v) is 3.41. The molecule has 0 spiro atoms. The van der Waals surface area contributed by atoms with Crippen molar-refractivity contribution < 1.29 is 0 Å². The fourth-order valence-electron chi connectivity index (χ4n) is 2.44. The zero-order chi connectivity index (χ0) is 13.8. The molecule has 0 atom stereocenters. The van der Waals surface area contributed by atoms with Crippen molar-refractivity contribution in [2.45, 2.75) is 19.4 Å². The molecule has 0 bridgehead atoms. The van der Waals surface area contributed by atoms with E-state index in [0.717, 1.165) is 30.7 Å². The maximum absolute atomic E-state index is 5.39. The second-order valence-corrected chi connectivity index (χ2v) is 4.79. The third kappa shape index (κ3) is 2.44. The van der Waals surface area contributed by atoms with E-state index in [2.05, 4.69) is 53.0 Å². The quantitative estimate of drug-likeness (QED) is 0.655. The van der Waals surface area contributed by atoms with Crippen molar-refractivity contribution in [3.8, 4) is 12.3 Å². The molecule has 2 aromatic carbocycles. The van der Waals surface area contributed by atoms with E-state index in [1.54, 1.807) is 0 Å². The summed E-state index contributed by atoms with van der Waals surface area (Å²) >= 11 is 0. The van der Waals surface area contributed by atoms with Crippen molar-refractivity contribution in [3.63, 3.8) is 0 Å². The summed E-state index contributed by atoms with van der Waals surface area (Å²) in [6, 6.07) is 18.7. The molecule has 20 heavy (non-hydrogen) atoms. The first-order chi connectivity index (χ1) is 9.88. The van der Waals surface area contributed by atoms with Crippen molar-refractivity contribution in [1.29, 1.82) is 0 Å². The first-order valence-corrected chi connectivity index (χ1v) is 6.80. The molecule has 3 aromatic rings. The largest absolute Gasteiger partial charge is 0.323 e. The molecule has 3 rings (SSSR count). The minimum atomic E-state index is 0.720. The Morgan fingerprint density at radius 3 is 2.55 bits per heavy atom. The van der Waals surface area contributed by atoms with E-state index in [4.69, 9.17) is 11.4 Å². The minimum absolute atomic E-state index is 0.720. The lowest BCUT2D eigenvalue weighted by Crippen LogP contribution is -2.05. The topological polar surface area (TPSA) is 17.8 Å². The number of benzene rings is 2. The standard InChI is InChI=1S/C18H16N2/c1-2-3-13-18-19-16-11-7-8-12-17(16)20(18)14-15-9-5-4-6-10-15/h1,4-12H,3,13-14H2. The second-order valence-electron chi connectivity index (χ2n) is 4.79. The molecule has 1 aromatic heterocycles. The van der Waals surface area contributed by atoms with Crippen LogP contribution in [0.3, 0.4) is 0 Å². The highest BCUT2D eigenvalue weighted by Crippen LogP contribution is 2.18. The summed E-state index contributed by atoms with van der Waals surface area (Å²) < 4.78 is 2.27. The summed E-state index contributed by atoms with van der Waals surface area (Å²) in [7, 11) is 0.